The van der Waals surface area contributed by atoms with E-state index < -0.39 is 0 Å². The van der Waals surface area contributed by atoms with E-state index in [0.717, 1.165) is 11.5 Å². The van der Waals surface area contributed by atoms with Gasteiger partial charge in [-0.1, -0.05) is 18.2 Å². The van der Waals surface area contributed by atoms with E-state index in [9.17, 15) is 4.79 Å². The number of carbonyl (C=O) groups excluding carboxylic acids is 1. The first-order valence-corrected chi connectivity index (χ1v) is 4.87. The van der Waals surface area contributed by atoms with Gasteiger partial charge in [-0.3, -0.25) is 4.79 Å². The van der Waals surface area contributed by atoms with Crippen LogP contribution in [-0.4, -0.2) is 18.0 Å². The first-order chi connectivity index (χ1) is 7.08. The van der Waals surface area contributed by atoms with Gasteiger partial charge in [0.15, 0.2) is 5.78 Å². The molecule has 1 radical (unpaired) electrons. The molecule has 0 aromatic heterocycles. The quantitative estimate of drug-likeness (QED) is 0.613. The van der Waals surface area contributed by atoms with Crippen LogP contribution in [-0.2, 0) is 14.6 Å². The van der Waals surface area contributed by atoms with E-state index >= 15 is 0 Å². The topological polar surface area (TPSA) is 35.5 Å². The largest absolute Gasteiger partial charge is 0.290 e. The molecule has 0 aromatic rings. The SMILES string of the molecule is CC1(C)OOC[C]1C=C1C=CC(=O)C=C1. The molecule has 1 aliphatic carbocycles. The molecule has 1 saturated heterocycles. The van der Waals surface area contributed by atoms with Gasteiger partial charge >= 0.3 is 0 Å². The Morgan fingerprint density at radius 3 is 2.47 bits per heavy atom. The van der Waals surface area contributed by atoms with Crippen molar-refractivity contribution in [3.63, 3.8) is 0 Å². The van der Waals surface area contributed by atoms with Gasteiger partial charge in [-0.05, 0) is 31.6 Å². The summed E-state index contributed by atoms with van der Waals surface area (Å²) < 4.78 is 0. The normalized spacial score (nSPS) is 24.9. The van der Waals surface area contributed by atoms with E-state index in [1.54, 1.807) is 24.3 Å². The summed E-state index contributed by atoms with van der Waals surface area (Å²) in [6.45, 7) is 4.38. The molecule has 0 N–H and O–H groups in total. The van der Waals surface area contributed by atoms with Crippen LogP contribution in [0.1, 0.15) is 13.8 Å². The molecule has 79 valence electrons. The average Bonchev–Trinajstić information content (AvgIpc) is 2.50. The summed E-state index contributed by atoms with van der Waals surface area (Å²) >= 11 is 0. The van der Waals surface area contributed by atoms with E-state index in [4.69, 9.17) is 9.78 Å². The first-order valence-electron chi connectivity index (χ1n) is 4.87. The Hall–Kier alpha value is -1.19. The van der Waals surface area contributed by atoms with E-state index in [-0.39, 0.29) is 11.4 Å². The van der Waals surface area contributed by atoms with Crippen LogP contribution in [0.4, 0.5) is 0 Å². The van der Waals surface area contributed by atoms with Gasteiger partial charge in [0.2, 0.25) is 0 Å². The third-order valence-electron chi connectivity index (χ3n) is 2.48. The molecule has 3 heteroatoms. The van der Waals surface area contributed by atoms with Gasteiger partial charge in [0.05, 0.1) is 12.5 Å². The van der Waals surface area contributed by atoms with Crippen molar-refractivity contribution in [3.8, 4) is 0 Å². The van der Waals surface area contributed by atoms with Gasteiger partial charge in [0.1, 0.15) is 5.60 Å². The molecule has 0 unspecified atom stereocenters. The minimum atomic E-state index is -0.379. The van der Waals surface area contributed by atoms with Crippen molar-refractivity contribution < 1.29 is 14.6 Å². The molecular formula is C12H13O3. The number of hydrogen-bond donors (Lipinski definition) is 0. The summed E-state index contributed by atoms with van der Waals surface area (Å²) in [5.74, 6) is 1.09. The van der Waals surface area contributed by atoms with Gasteiger partial charge in [0, 0.05) is 0 Å². The second-order valence-electron chi connectivity index (χ2n) is 4.09. The molecule has 0 saturated carbocycles. The average molecular weight is 205 g/mol. The van der Waals surface area contributed by atoms with Crippen molar-refractivity contribution in [2.45, 2.75) is 19.4 Å². The molecule has 15 heavy (non-hydrogen) atoms. The van der Waals surface area contributed by atoms with Crippen molar-refractivity contribution in [1.29, 1.82) is 0 Å². The summed E-state index contributed by atoms with van der Waals surface area (Å²) in [6, 6.07) is 0. The molecular weight excluding hydrogens is 192 g/mol. The molecule has 2 rings (SSSR count). The fraction of sp³-hybridized carbons (Fsp3) is 0.333. The second-order valence-corrected chi connectivity index (χ2v) is 4.09. The fourth-order valence-corrected chi connectivity index (χ4v) is 1.45. The zero-order valence-corrected chi connectivity index (χ0v) is 8.82. The Morgan fingerprint density at radius 1 is 1.27 bits per heavy atom. The zero-order valence-electron chi connectivity index (χ0n) is 8.82. The van der Waals surface area contributed by atoms with Gasteiger partial charge in [-0.25, -0.2) is 9.78 Å². The fourth-order valence-electron chi connectivity index (χ4n) is 1.45. The first kappa shape index (κ1) is 10.3. The Labute approximate surface area is 89.0 Å². The van der Waals surface area contributed by atoms with Crippen molar-refractivity contribution in [2.75, 3.05) is 6.61 Å². The molecule has 0 atom stereocenters. The monoisotopic (exact) mass is 205 g/mol. The van der Waals surface area contributed by atoms with Crippen LogP contribution in [0.2, 0.25) is 0 Å². The highest BCUT2D eigenvalue weighted by molar-refractivity contribution is 6.01. The minimum Gasteiger partial charge on any atom is -0.290 e. The lowest BCUT2D eigenvalue weighted by Gasteiger charge is -2.19. The third-order valence-corrected chi connectivity index (χ3v) is 2.48. The maximum absolute atomic E-state index is 10.9. The van der Waals surface area contributed by atoms with Crippen molar-refractivity contribution in [3.05, 3.63) is 41.9 Å². The summed E-state index contributed by atoms with van der Waals surface area (Å²) in [6.07, 6.45) is 8.69. The van der Waals surface area contributed by atoms with Crippen LogP contribution in [0.15, 0.2) is 36.0 Å². The summed E-state index contributed by atoms with van der Waals surface area (Å²) in [5, 5.41) is 0. The van der Waals surface area contributed by atoms with E-state index in [0.29, 0.717) is 6.61 Å². The highest BCUT2D eigenvalue weighted by Gasteiger charge is 2.37. The number of allylic oxidation sites excluding steroid dienone is 5. The van der Waals surface area contributed by atoms with Crippen LogP contribution in [0, 0.1) is 5.92 Å². The lowest BCUT2D eigenvalue weighted by Crippen LogP contribution is -2.25. The molecule has 0 bridgehead atoms. The highest BCUT2D eigenvalue weighted by atomic mass is 17.2. The Bertz CT molecular complexity index is 343. The number of carbonyl (C=O) groups is 1. The van der Waals surface area contributed by atoms with Crippen LogP contribution in [0.5, 0.6) is 0 Å². The van der Waals surface area contributed by atoms with Gasteiger partial charge in [-0.15, -0.1) is 0 Å². The molecule has 2 aliphatic rings. The van der Waals surface area contributed by atoms with E-state index in [1.165, 1.54) is 0 Å². The predicted octanol–water partition coefficient (Wildman–Crippen LogP) is 1.92. The Kier molecular flexibility index (Phi) is 2.59. The van der Waals surface area contributed by atoms with E-state index in [1.807, 2.05) is 19.9 Å². The smallest absolute Gasteiger partial charge is 0.178 e. The van der Waals surface area contributed by atoms with Crippen LogP contribution >= 0.6 is 0 Å². The van der Waals surface area contributed by atoms with E-state index in [2.05, 4.69) is 0 Å². The van der Waals surface area contributed by atoms with Crippen LogP contribution in [0.3, 0.4) is 0 Å². The molecule has 3 nitrogen and oxygen atoms in total. The van der Waals surface area contributed by atoms with Crippen molar-refractivity contribution in [2.24, 2.45) is 0 Å². The number of rotatable bonds is 1. The van der Waals surface area contributed by atoms with Crippen molar-refractivity contribution >= 4 is 5.78 Å². The van der Waals surface area contributed by atoms with Gasteiger partial charge in [-0.2, -0.15) is 0 Å². The lowest BCUT2D eigenvalue weighted by atomic mass is 9.90. The Morgan fingerprint density at radius 2 is 1.93 bits per heavy atom. The zero-order chi connectivity index (χ0) is 10.9. The maximum Gasteiger partial charge on any atom is 0.178 e. The van der Waals surface area contributed by atoms with Gasteiger partial charge in [0.25, 0.3) is 0 Å². The summed E-state index contributed by atoms with van der Waals surface area (Å²) in [4.78, 5) is 21.0. The standard InChI is InChI=1S/C12H13O3/c1-12(2)10(8-14-15-12)7-9-3-5-11(13)6-4-9/h3-7H,8H2,1-2H3. The molecule has 0 aromatic carbocycles. The van der Waals surface area contributed by atoms with Crippen LogP contribution in [0.25, 0.3) is 0 Å². The lowest BCUT2D eigenvalue weighted by molar-refractivity contribution is -0.299. The molecule has 0 amide bonds. The number of hydrogen-bond acceptors (Lipinski definition) is 3. The molecule has 1 heterocycles. The Balaban J connectivity index is 2.14. The molecule has 0 spiro atoms. The molecule has 1 aliphatic heterocycles. The van der Waals surface area contributed by atoms with Crippen LogP contribution < -0.4 is 0 Å². The maximum atomic E-state index is 10.9. The van der Waals surface area contributed by atoms with Crippen molar-refractivity contribution in [1.82, 2.24) is 0 Å². The number of ketones is 1. The third kappa shape index (κ3) is 2.25. The van der Waals surface area contributed by atoms with Gasteiger partial charge < -0.3 is 0 Å². The highest BCUT2D eigenvalue weighted by Crippen LogP contribution is 2.32. The minimum absolute atomic E-state index is 0.0235. The second kappa shape index (κ2) is 3.76. The molecule has 1 fully saturated rings. The summed E-state index contributed by atoms with van der Waals surface area (Å²) in [7, 11) is 0. The summed E-state index contributed by atoms with van der Waals surface area (Å²) in [5.41, 5.74) is 0.614. The predicted molar refractivity (Wildman–Crippen MR) is 55.7 cm³/mol.